The van der Waals surface area contributed by atoms with Crippen molar-refractivity contribution in [3.63, 3.8) is 0 Å². The van der Waals surface area contributed by atoms with E-state index in [9.17, 15) is 48.3 Å². The van der Waals surface area contributed by atoms with Crippen molar-refractivity contribution < 1.29 is 81.4 Å². The molecule has 2 aromatic carbocycles. The number of carbonyl (C=O) groups excluding carboxylic acids is 9. The second kappa shape index (κ2) is 32.2. The van der Waals surface area contributed by atoms with E-state index >= 15 is 0 Å². The molecule has 10 atom stereocenters. The number of likely N-dealkylation sites (N-methyl/N-ethyl adjacent to an activating group) is 1. The molecule has 0 radical (unpaired) electrons. The van der Waals surface area contributed by atoms with Gasteiger partial charge in [0.1, 0.15) is 64.2 Å². The van der Waals surface area contributed by atoms with Crippen molar-refractivity contribution in [1.29, 1.82) is 0 Å². The number of rotatable bonds is 25. The highest BCUT2D eigenvalue weighted by atomic mass is 79.9. The summed E-state index contributed by atoms with van der Waals surface area (Å²) >= 11 is 10.1. The van der Waals surface area contributed by atoms with Crippen LogP contribution in [0.25, 0.3) is 0 Å². The monoisotopic (exact) mass is 1340 g/mol. The lowest BCUT2D eigenvalue weighted by Crippen LogP contribution is -2.63. The molecule has 0 saturated carbocycles. The summed E-state index contributed by atoms with van der Waals surface area (Å²) < 4.78 is 40.8. The van der Waals surface area contributed by atoms with Gasteiger partial charge in [0, 0.05) is 69.2 Å². The third kappa shape index (κ3) is 19.4. The number of hydrogen-bond acceptors (Lipinski definition) is 17. The predicted molar refractivity (Wildman–Crippen MR) is 339 cm³/mol. The fourth-order valence-corrected chi connectivity index (χ4v) is 11.2. The molecule has 3 aliphatic heterocycles. The van der Waals surface area contributed by atoms with E-state index < -0.39 is 131 Å². The van der Waals surface area contributed by atoms with Crippen molar-refractivity contribution in [3.8, 4) is 11.5 Å². The zero-order valence-electron chi connectivity index (χ0n) is 53.5. The Morgan fingerprint density at radius 2 is 1.70 bits per heavy atom. The van der Waals surface area contributed by atoms with Gasteiger partial charge in [0.25, 0.3) is 5.91 Å². The van der Waals surface area contributed by atoms with Gasteiger partial charge in [-0.3, -0.25) is 29.3 Å². The zero-order chi connectivity index (χ0) is 67.2. The highest BCUT2D eigenvalue weighted by Crippen LogP contribution is 2.49. The van der Waals surface area contributed by atoms with E-state index in [0.29, 0.717) is 37.1 Å². The number of urea groups is 1. The minimum absolute atomic E-state index is 0.0167. The molecule has 27 heteroatoms. The number of nitrogens with one attached hydrogen (secondary N) is 5. The molecule has 90 heavy (non-hydrogen) atoms. The average Bonchev–Trinajstić information content (AvgIpc) is 1.57. The van der Waals surface area contributed by atoms with Gasteiger partial charge in [-0.05, 0) is 109 Å². The third-order valence-electron chi connectivity index (χ3n) is 16.3. The van der Waals surface area contributed by atoms with E-state index in [4.69, 9.17) is 50.5 Å². The quantitative estimate of drug-likeness (QED) is 0.0136. The Hall–Kier alpha value is -7.26. The Kier molecular flexibility index (Phi) is 26.2. The molecule has 2 saturated heterocycles. The highest BCUT2D eigenvalue weighted by Gasteiger charge is 2.64. The van der Waals surface area contributed by atoms with Crippen molar-refractivity contribution in [2.24, 2.45) is 17.6 Å². The van der Waals surface area contributed by atoms with E-state index in [0.717, 1.165) is 16.0 Å². The van der Waals surface area contributed by atoms with Crippen molar-refractivity contribution in [3.05, 3.63) is 82.4 Å². The van der Waals surface area contributed by atoms with Crippen LogP contribution in [-0.2, 0) is 58.9 Å². The normalized spacial score (nSPS) is 23.7. The predicted octanol–water partition coefficient (Wildman–Crippen LogP) is 6.68. The summed E-state index contributed by atoms with van der Waals surface area (Å²) in [7, 11) is 7.03. The summed E-state index contributed by atoms with van der Waals surface area (Å²) in [5, 5.41) is 25.6. The number of primary amides is 1. The summed E-state index contributed by atoms with van der Waals surface area (Å²) in [5.74, 6) is -5.22. The smallest absolute Gasteiger partial charge is 0.409 e. The van der Waals surface area contributed by atoms with Gasteiger partial charge >= 0.3 is 24.1 Å². The maximum Gasteiger partial charge on any atom is 0.409 e. The number of alkyl carbamates (subject to hydrolysis) is 1. The Bertz CT molecular complexity index is 3070. The molecule has 5 rings (SSSR count). The van der Waals surface area contributed by atoms with Gasteiger partial charge in [-0.1, -0.05) is 78.7 Å². The molecule has 0 aliphatic carbocycles. The fraction of sp³-hybridized carbons (Fsp3) is 0.571. The van der Waals surface area contributed by atoms with Crippen LogP contribution in [0.3, 0.4) is 0 Å². The number of halogens is 2. The first-order valence-electron chi connectivity index (χ1n) is 29.7. The molecular weight excluding hydrogens is 1260 g/mol. The minimum atomic E-state index is -1.93. The van der Waals surface area contributed by atoms with Crippen LogP contribution in [0.15, 0.2) is 66.3 Å². The lowest BCUT2D eigenvalue weighted by atomic mass is 9.83. The second-order valence-electron chi connectivity index (χ2n) is 24.1. The van der Waals surface area contributed by atoms with Crippen LogP contribution in [0.5, 0.6) is 11.5 Å². The van der Waals surface area contributed by atoms with Gasteiger partial charge in [0.2, 0.25) is 23.6 Å². The first kappa shape index (κ1) is 73.5. The van der Waals surface area contributed by atoms with E-state index in [1.807, 2.05) is 13.0 Å². The number of benzene rings is 2. The number of carbonyl (C=O) groups is 9. The number of fused-ring (bicyclic) bond motifs is 5. The summed E-state index contributed by atoms with van der Waals surface area (Å²) in [6.45, 7) is 17.5. The number of esters is 2. The summed E-state index contributed by atoms with van der Waals surface area (Å²) in [6.07, 6.45) is 1.62. The number of hydrogen-bond donors (Lipinski definition) is 7. The average molecular weight is 1340 g/mol. The van der Waals surface area contributed by atoms with Gasteiger partial charge in [0.05, 0.1) is 38.0 Å². The van der Waals surface area contributed by atoms with Crippen molar-refractivity contribution in [1.82, 2.24) is 26.2 Å². The number of alkyl halides is 1. The Morgan fingerprint density at radius 3 is 2.33 bits per heavy atom. The molecule has 496 valence electrons. The van der Waals surface area contributed by atoms with Crippen LogP contribution >= 0.6 is 27.5 Å². The number of aliphatic hydroxyl groups is 1. The SMILES string of the molecule is C=C(CBr)C(=O)OC(C)(C)CCCCC(=O)N[C@H](C(=O)N[C@@H](CCCNC(N)=O)C(=O)Nc1ccc(C(=O)N(C)[C@@H](C)C(=O)O[C@H]2CC(=O)N(C)c3cc(cc(OC)c3Cl)C/C(C)=C/C=C/[C@@H](OC)[C@@]3(O)C[C@H](OC(=O)N3)[C@@H](C)[C@@H]3O[C@@]23C)c(OC)c1)C(C)C. The fourth-order valence-electron chi connectivity index (χ4n) is 10.6. The van der Waals surface area contributed by atoms with Crippen LogP contribution < -0.4 is 46.7 Å². The number of anilines is 2. The molecule has 8 N–H and O–H groups in total. The second-order valence-corrected chi connectivity index (χ2v) is 25.0. The summed E-state index contributed by atoms with van der Waals surface area (Å²) in [5.41, 5.74) is 3.45. The van der Waals surface area contributed by atoms with Crippen molar-refractivity contribution in [2.45, 2.75) is 173 Å². The Balaban J connectivity index is 1.34. The number of unbranched alkanes of at least 4 members (excludes halogenated alkanes) is 1. The zero-order valence-corrected chi connectivity index (χ0v) is 55.8. The van der Waals surface area contributed by atoms with Crippen LogP contribution in [0.1, 0.15) is 123 Å². The lowest BCUT2D eigenvalue weighted by molar-refractivity contribution is -0.158. The molecule has 3 heterocycles. The molecule has 3 aliphatic rings. The molecule has 0 spiro atoms. The van der Waals surface area contributed by atoms with Crippen LogP contribution in [0.4, 0.5) is 21.0 Å². The van der Waals surface area contributed by atoms with E-state index in [1.54, 1.807) is 65.8 Å². The highest BCUT2D eigenvalue weighted by molar-refractivity contribution is 9.09. The number of allylic oxidation sites excluding steroid dienone is 3. The maximum atomic E-state index is 14.6. The van der Waals surface area contributed by atoms with Crippen molar-refractivity contribution >= 4 is 92.5 Å². The van der Waals surface area contributed by atoms with Gasteiger partial charge < -0.3 is 75.1 Å². The van der Waals surface area contributed by atoms with E-state index in [2.05, 4.69) is 49.1 Å². The molecule has 0 aromatic heterocycles. The van der Waals surface area contributed by atoms with Crippen LogP contribution in [0, 0.1) is 11.8 Å². The molecule has 8 amide bonds. The third-order valence-corrected chi connectivity index (χ3v) is 17.3. The van der Waals surface area contributed by atoms with Gasteiger partial charge in [-0.2, -0.15) is 0 Å². The van der Waals surface area contributed by atoms with Crippen LogP contribution in [-0.4, -0.2) is 170 Å². The molecule has 0 unspecified atom stereocenters. The Labute approximate surface area is 539 Å². The molecule has 25 nitrogen and oxygen atoms in total. The van der Waals surface area contributed by atoms with Gasteiger partial charge in [-0.25, -0.2) is 19.2 Å². The molecule has 4 bridgehead atoms. The van der Waals surface area contributed by atoms with E-state index in [-0.39, 0.29) is 65.2 Å². The maximum absolute atomic E-state index is 14.6. The van der Waals surface area contributed by atoms with Gasteiger partial charge in [0.15, 0.2) is 5.72 Å². The molecule has 2 aromatic rings. The first-order chi connectivity index (χ1) is 42.2. The lowest BCUT2D eigenvalue weighted by Gasteiger charge is -2.42. The standard InChI is InChI=1S/C63H88BrClN8O17/c1-34(2)52(70-49(74)22-15-16-25-61(7,8)90-57(79)36(4)33-64)55(77)69-42(20-18-26-67-59(66)81)54(76)68-40-23-24-41(44(30-40)84-12)56(78)72(10)38(6)58(80)88-48-31-50(75)73(11)43-28-39(29-45(85-13)51(43)65)27-35(3)19-17-21-47(86-14)63(83)32-46(87-60(82)71-63)37(5)53-62(48,9)89-53/h17,19,21,23-24,28-30,34,37-38,42,46-48,52-53,83H,4,15-16,18,20,22,25-27,31-33H2,1-3,5-14H3,(H,68,76)(H,69,77)(H,70,74)(H,71,82)(H3,66,67,81)/b21-17+,35-19+/t37-,38+,42+,46+,47-,48+,52+,53+,62+,63+/m1/s1. The van der Waals surface area contributed by atoms with Crippen LogP contribution in [0.2, 0.25) is 5.02 Å². The number of methoxy groups -OCH3 is 3. The van der Waals surface area contributed by atoms with Gasteiger partial charge in [-0.15, -0.1) is 0 Å². The minimum Gasteiger partial charge on any atom is -0.496 e. The largest absolute Gasteiger partial charge is 0.496 e. The van der Waals surface area contributed by atoms with E-state index in [1.165, 1.54) is 65.4 Å². The topological polar surface area (TPSA) is 334 Å². The summed E-state index contributed by atoms with van der Waals surface area (Å²) in [6, 6.07) is 3.29. The number of epoxide rings is 1. The number of amides is 8. The first-order valence-corrected chi connectivity index (χ1v) is 31.2. The summed E-state index contributed by atoms with van der Waals surface area (Å²) in [4.78, 5) is 124. The number of nitrogens with two attached hydrogens (primary N) is 1. The number of nitrogens with zero attached hydrogens (tertiary/aromatic N) is 2. The number of ether oxygens (including phenoxy) is 7. The molecule has 2 fully saturated rings. The molecular formula is C63H88BrClN8O17. The Morgan fingerprint density at radius 1 is 1.01 bits per heavy atom. The van der Waals surface area contributed by atoms with Crippen molar-refractivity contribution in [2.75, 3.05) is 57.5 Å².